The molecule has 0 radical (unpaired) electrons. The predicted octanol–water partition coefficient (Wildman–Crippen LogP) is 1.07. The molecule has 1 aromatic carbocycles. The Morgan fingerprint density at radius 3 is 2.55 bits per heavy atom. The standard InChI is InChI=1S/C14H19N3O3/c15-14(20)16-11-6-4-9(5-7-11)13(19)17-12-3-1-2-10(12)8-18/h4-7,10,12,18H,1-3,8H2,(H,17,19)(H3,15,16,20). The molecule has 108 valence electrons. The molecule has 0 aromatic heterocycles. The highest BCUT2D eigenvalue weighted by molar-refractivity contribution is 5.95. The number of nitrogens with two attached hydrogens (primary N) is 1. The average Bonchev–Trinajstić information content (AvgIpc) is 2.86. The quantitative estimate of drug-likeness (QED) is 0.661. The molecule has 1 saturated carbocycles. The summed E-state index contributed by atoms with van der Waals surface area (Å²) < 4.78 is 0. The topological polar surface area (TPSA) is 104 Å². The Kier molecular flexibility index (Phi) is 4.57. The van der Waals surface area contributed by atoms with Crippen LogP contribution in [0, 0.1) is 5.92 Å². The molecule has 2 rings (SSSR count). The van der Waals surface area contributed by atoms with Crippen LogP contribution < -0.4 is 16.4 Å². The van der Waals surface area contributed by atoms with Crippen molar-refractivity contribution in [1.29, 1.82) is 0 Å². The van der Waals surface area contributed by atoms with Gasteiger partial charge in [-0.25, -0.2) is 4.79 Å². The molecule has 0 aliphatic heterocycles. The number of nitrogens with one attached hydrogen (secondary N) is 2. The van der Waals surface area contributed by atoms with Gasteiger partial charge in [0.15, 0.2) is 0 Å². The number of rotatable bonds is 4. The minimum absolute atomic E-state index is 0.0379. The van der Waals surface area contributed by atoms with Crippen LogP contribution in [0.5, 0.6) is 0 Å². The Balaban J connectivity index is 1.97. The number of carbonyl (C=O) groups is 2. The number of aliphatic hydroxyl groups is 1. The van der Waals surface area contributed by atoms with E-state index in [1.807, 2.05) is 0 Å². The zero-order valence-electron chi connectivity index (χ0n) is 11.1. The fourth-order valence-corrected chi connectivity index (χ4v) is 2.54. The minimum atomic E-state index is -0.640. The predicted molar refractivity (Wildman–Crippen MR) is 75.3 cm³/mol. The van der Waals surface area contributed by atoms with Gasteiger partial charge in [-0.1, -0.05) is 6.42 Å². The smallest absolute Gasteiger partial charge is 0.316 e. The Bertz CT molecular complexity index is 487. The number of primary amides is 1. The highest BCUT2D eigenvalue weighted by Gasteiger charge is 2.27. The van der Waals surface area contributed by atoms with E-state index in [1.54, 1.807) is 24.3 Å². The molecule has 3 amide bonds. The number of urea groups is 1. The Labute approximate surface area is 117 Å². The Hall–Kier alpha value is -2.08. The van der Waals surface area contributed by atoms with Crippen molar-refractivity contribution >= 4 is 17.6 Å². The lowest BCUT2D eigenvalue weighted by Crippen LogP contribution is -2.38. The molecule has 1 aliphatic carbocycles. The van der Waals surface area contributed by atoms with Crippen molar-refractivity contribution in [2.75, 3.05) is 11.9 Å². The first-order valence-electron chi connectivity index (χ1n) is 6.68. The number of amides is 3. The van der Waals surface area contributed by atoms with Crippen molar-refractivity contribution in [3.63, 3.8) is 0 Å². The van der Waals surface area contributed by atoms with E-state index >= 15 is 0 Å². The number of benzene rings is 1. The number of hydrogen-bond acceptors (Lipinski definition) is 3. The molecule has 2 atom stereocenters. The molecule has 1 aliphatic rings. The van der Waals surface area contributed by atoms with E-state index in [-0.39, 0.29) is 24.5 Å². The molecule has 0 bridgehead atoms. The molecule has 1 aromatic rings. The number of carbonyl (C=O) groups excluding carboxylic acids is 2. The molecule has 0 spiro atoms. The normalized spacial score (nSPS) is 21.4. The summed E-state index contributed by atoms with van der Waals surface area (Å²) in [6.45, 7) is 0.104. The third-order valence-corrected chi connectivity index (χ3v) is 3.62. The zero-order chi connectivity index (χ0) is 14.5. The van der Waals surface area contributed by atoms with Gasteiger partial charge < -0.3 is 21.5 Å². The van der Waals surface area contributed by atoms with E-state index in [9.17, 15) is 14.7 Å². The van der Waals surface area contributed by atoms with E-state index < -0.39 is 6.03 Å². The van der Waals surface area contributed by atoms with Crippen LogP contribution >= 0.6 is 0 Å². The second-order valence-electron chi connectivity index (χ2n) is 5.02. The molecule has 6 nitrogen and oxygen atoms in total. The summed E-state index contributed by atoms with van der Waals surface area (Å²) in [6.07, 6.45) is 2.87. The Morgan fingerprint density at radius 2 is 1.95 bits per heavy atom. The first kappa shape index (κ1) is 14.3. The largest absolute Gasteiger partial charge is 0.396 e. The van der Waals surface area contributed by atoms with Crippen LogP contribution in [-0.2, 0) is 0 Å². The summed E-state index contributed by atoms with van der Waals surface area (Å²) in [5.74, 6) is -0.0178. The van der Waals surface area contributed by atoms with E-state index in [0.717, 1.165) is 19.3 Å². The SMILES string of the molecule is NC(=O)Nc1ccc(C(=O)NC2CCCC2CO)cc1. The first-order chi connectivity index (χ1) is 9.60. The molecular weight excluding hydrogens is 258 g/mol. The fourth-order valence-electron chi connectivity index (χ4n) is 2.54. The van der Waals surface area contributed by atoms with Gasteiger partial charge in [0.2, 0.25) is 0 Å². The first-order valence-corrected chi connectivity index (χ1v) is 6.68. The van der Waals surface area contributed by atoms with Gasteiger partial charge in [0.1, 0.15) is 0 Å². The summed E-state index contributed by atoms with van der Waals surface area (Å²) in [7, 11) is 0. The van der Waals surface area contributed by atoms with Crippen molar-refractivity contribution in [2.24, 2.45) is 11.7 Å². The molecule has 2 unspecified atom stereocenters. The van der Waals surface area contributed by atoms with Gasteiger partial charge in [-0.3, -0.25) is 4.79 Å². The highest BCUT2D eigenvalue weighted by atomic mass is 16.3. The van der Waals surface area contributed by atoms with Gasteiger partial charge in [-0.15, -0.1) is 0 Å². The summed E-state index contributed by atoms with van der Waals surface area (Å²) in [5, 5.41) is 14.6. The molecule has 6 heteroatoms. The van der Waals surface area contributed by atoms with Gasteiger partial charge in [0.25, 0.3) is 5.91 Å². The summed E-state index contributed by atoms with van der Waals surface area (Å²) in [5.41, 5.74) is 6.07. The van der Waals surface area contributed by atoms with Crippen LogP contribution in [0.25, 0.3) is 0 Å². The van der Waals surface area contributed by atoms with Crippen LogP contribution in [0.2, 0.25) is 0 Å². The van der Waals surface area contributed by atoms with Crippen molar-refractivity contribution in [3.05, 3.63) is 29.8 Å². The highest BCUT2D eigenvalue weighted by Crippen LogP contribution is 2.25. The summed E-state index contributed by atoms with van der Waals surface area (Å²) in [6, 6.07) is 5.90. The monoisotopic (exact) mass is 277 g/mol. The van der Waals surface area contributed by atoms with Crippen molar-refractivity contribution in [2.45, 2.75) is 25.3 Å². The van der Waals surface area contributed by atoms with E-state index in [2.05, 4.69) is 10.6 Å². The van der Waals surface area contributed by atoms with Gasteiger partial charge in [-0.05, 0) is 37.1 Å². The van der Waals surface area contributed by atoms with E-state index in [0.29, 0.717) is 11.3 Å². The maximum absolute atomic E-state index is 12.1. The molecule has 1 fully saturated rings. The van der Waals surface area contributed by atoms with Crippen LogP contribution in [0.15, 0.2) is 24.3 Å². The van der Waals surface area contributed by atoms with Crippen LogP contribution in [0.3, 0.4) is 0 Å². The number of hydrogen-bond donors (Lipinski definition) is 4. The second kappa shape index (κ2) is 6.38. The lowest BCUT2D eigenvalue weighted by atomic mass is 10.0. The summed E-state index contributed by atoms with van der Waals surface area (Å²) in [4.78, 5) is 22.8. The lowest BCUT2D eigenvalue weighted by molar-refractivity contribution is 0.0916. The van der Waals surface area contributed by atoms with Crippen molar-refractivity contribution < 1.29 is 14.7 Å². The van der Waals surface area contributed by atoms with Crippen molar-refractivity contribution in [3.8, 4) is 0 Å². The van der Waals surface area contributed by atoms with Crippen molar-refractivity contribution in [1.82, 2.24) is 5.32 Å². The molecule has 0 heterocycles. The van der Waals surface area contributed by atoms with E-state index in [4.69, 9.17) is 5.73 Å². The number of aliphatic hydroxyl groups excluding tert-OH is 1. The van der Waals surface area contributed by atoms with Gasteiger partial charge in [0, 0.05) is 29.8 Å². The minimum Gasteiger partial charge on any atom is -0.396 e. The third-order valence-electron chi connectivity index (χ3n) is 3.62. The molecule has 20 heavy (non-hydrogen) atoms. The summed E-state index contributed by atoms with van der Waals surface area (Å²) >= 11 is 0. The molecular formula is C14H19N3O3. The van der Waals surface area contributed by atoms with Gasteiger partial charge in [-0.2, -0.15) is 0 Å². The fraction of sp³-hybridized carbons (Fsp3) is 0.429. The third kappa shape index (κ3) is 3.48. The molecule has 5 N–H and O–H groups in total. The Morgan fingerprint density at radius 1 is 1.25 bits per heavy atom. The zero-order valence-corrected chi connectivity index (χ0v) is 11.1. The maximum Gasteiger partial charge on any atom is 0.316 e. The van der Waals surface area contributed by atoms with Crippen LogP contribution in [-0.4, -0.2) is 29.7 Å². The van der Waals surface area contributed by atoms with Crippen LogP contribution in [0.1, 0.15) is 29.6 Å². The maximum atomic E-state index is 12.1. The molecule has 0 saturated heterocycles. The second-order valence-corrected chi connectivity index (χ2v) is 5.02. The van der Waals surface area contributed by atoms with E-state index in [1.165, 1.54) is 0 Å². The number of anilines is 1. The lowest BCUT2D eigenvalue weighted by Gasteiger charge is -2.19. The van der Waals surface area contributed by atoms with Crippen LogP contribution in [0.4, 0.5) is 10.5 Å². The average molecular weight is 277 g/mol. The van der Waals surface area contributed by atoms with Gasteiger partial charge >= 0.3 is 6.03 Å². The van der Waals surface area contributed by atoms with Gasteiger partial charge in [0.05, 0.1) is 0 Å².